The van der Waals surface area contributed by atoms with Crippen molar-refractivity contribution in [1.29, 1.82) is 0 Å². The van der Waals surface area contributed by atoms with Crippen molar-refractivity contribution in [1.82, 2.24) is 5.32 Å². The van der Waals surface area contributed by atoms with Crippen LogP contribution in [0.25, 0.3) is 0 Å². The molecule has 0 unspecified atom stereocenters. The lowest BCUT2D eigenvalue weighted by Crippen LogP contribution is -2.14. The third-order valence-electron chi connectivity index (χ3n) is 2.13. The summed E-state index contributed by atoms with van der Waals surface area (Å²) in [6, 6.07) is 10.5. The van der Waals surface area contributed by atoms with Crippen molar-refractivity contribution in [2.75, 3.05) is 6.54 Å². The van der Waals surface area contributed by atoms with Gasteiger partial charge in [-0.05, 0) is 31.9 Å². The Hall–Kier alpha value is -1.08. The van der Waals surface area contributed by atoms with Crippen LogP contribution < -0.4 is 5.32 Å². The molecule has 0 spiro atoms. The molecule has 0 aliphatic carbocycles. The van der Waals surface area contributed by atoms with Crippen molar-refractivity contribution in [3.05, 3.63) is 48.0 Å². The molecule has 1 N–H and O–H groups in total. The van der Waals surface area contributed by atoms with Gasteiger partial charge in [0, 0.05) is 6.54 Å². The first-order chi connectivity index (χ1) is 6.93. The normalized spacial score (nSPS) is 10.9. The minimum absolute atomic E-state index is 0.983. The Kier molecular flexibility index (Phi) is 5.76. The summed E-state index contributed by atoms with van der Waals surface area (Å²) in [4.78, 5) is 0. The van der Waals surface area contributed by atoms with E-state index in [1.165, 1.54) is 18.4 Å². The Morgan fingerprint density at radius 1 is 1.21 bits per heavy atom. The number of rotatable bonds is 6. The SMILES string of the molecule is C/C=C\CCCNCc1ccccc1. The molecule has 76 valence electrons. The zero-order valence-electron chi connectivity index (χ0n) is 8.87. The molecule has 0 radical (unpaired) electrons. The summed E-state index contributed by atoms with van der Waals surface area (Å²) in [7, 11) is 0. The van der Waals surface area contributed by atoms with Crippen LogP contribution in [0.5, 0.6) is 0 Å². The number of hydrogen-bond donors (Lipinski definition) is 1. The van der Waals surface area contributed by atoms with Crippen LogP contribution in [0.2, 0.25) is 0 Å². The number of benzene rings is 1. The fourth-order valence-electron chi connectivity index (χ4n) is 1.34. The molecule has 1 nitrogen and oxygen atoms in total. The molecule has 0 heterocycles. The van der Waals surface area contributed by atoms with Crippen molar-refractivity contribution in [2.45, 2.75) is 26.3 Å². The highest BCUT2D eigenvalue weighted by Crippen LogP contribution is 1.97. The fourth-order valence-corrected chi connectivity index (χ4v) is 1.34. The molecule has 1 heteroatoms. The van der Waals surface area contributed by atoms with Crippen LogP contribution in [0.4, 0.5) is 0 Å². The van der Waals surface area contributed by atoms with Gasteiger partial charge in [-0.1, -0.05) is 42.5 Å². The predicted octanol–water partition coefficient (Wildman–Crippen LogP) is 3.13. The molecule has 0 fully saturated rings. The molecule has 0 atom stereocenters. The lowest BCUT2D eigenvalue weighted by molar-refractivity contribution is 0.655. The van der Waals surface area contributed by atoms with Gasteiger partial charge in [0.1, 0.15) is 0 Å². The third kappa shape index (κ3) is 4.83. The topological polar surface area (TPSA) is 12.0 Å². The maximum Gasteiger partial charge on any atom is 0.0205 e. The summed E-state index contributed by atoms with van der Waals surface area (Å²) in [5.41, 5.74) is 1.36. The Labute approximate surface area is 86.8 Å². The van der Waals surface area contributed by atoms with Gasteiger partial charge in [0.15, 0.2) is 0 Å². The fraction of sp³-hybridized carbons (Fsp3) is 0.385. The van der Waals surface area contributed by atoms with E-state index in [0.29, 0.717) is 0 Å². The van der Waals surface area contributed by atoms with Crippen LogP contribution in [0.3, 0.4) is 0 Å². The molecule has 0 aromatic heterocycles. The molecule has 0 saturated carbocycles. The van der Waals surface area contributed by atoms with Crippen LogP contribution in [0.1, 0.15) is 25.3 Å². The van der Waals surface area contributed by atoms with E-state index in [1.807, 2.05) is 0 Å². The quantitative estimate of drug-likeness (QED) is 0.535. The molecule has 14 heavy (non-hydrogen) atoms. The Balaban J connectivity index is 2.05. The Bertz CT molecular complexity index is 251. The summed E-state index contributed by atoms with van der Waals surface area (Å²) in [5, 5.41) is 3.43. The van der Waals surface area contributed by atoms with E-state index in [1.54, 1.807) is 0 Å². The van der Waals surface area contributed by atoms with Gasteiger partial charge in [0.05, 0.1) is 0 Å². The van der Waals surface area contributed by atoms with E-state index >= 15 is 0 Å². The van der Waals surface area contributed by atoms with Crippen molar-refractivity contribution in [3.8, 4) is 0 Å². The molecule has 0 aliphatic rings. The van der Waals surface area contributed by atoms with E-state index in [2.05, 4.69) is 54.7 Å². The maximum absolute atomic E-state index is 3.43. The van der Waals surface area contributed by atoms with Gasteiger partial charge in [-0.2, -0.15) is 0 Å². The average Bonchev–Trinajstić information content (AvgIpc) is 2.25. The van der Waals surface area contributed by atoms with Gasteiger partial charge in [0.2, 0.25) is 0 Å². The molecule has 0 saturated heterocycles. The molecule has 0 aliphatic heterocycles. The summed E-state index contributed by atoms with van der Waals surface area (Å²) < 4.78 is 0. The zero-order chi connectivity index (χ0) is 10.1. The summed E-state index contributed by atoms with van der Waals surface area (Å²) in [6.07, 6.45) is 6.72. The van der Waals surface area contributed by atoms with Gasteiger partial charge in [0.25, 0.3) is 0 Å². The second kappa shape index (κ2) is 7.34. The predicted molar refractivity (Wildman–Crippen MR) is 62.2 cm³/mol. The molecular formula is C13H19N. The average molecular weight is 189 g/mol. The minimum Gasteiger partial charge on any atom is -0.313 e. The van der Waals surface area contributed by atoms with E-state index < -0.39 is 0 Å². The zero-order valence-corrected chi connectivity index (χ0v) is 8.87. The van der Waals surface area contributed by atoms with Gasteiger partial charge in [-0.3, -0.25) is 0 Å². The van der Waals surface area contributed by atoms with Crippen LogP contribution in [-0.2, 0) is 6.54 Å². The minimum atomic E-state index is 0.983. The molecule has 1 rings (SSSR count). The molecule has 0 bridgehead atoms. The third-order valence-corrected chi connectivity index (χ3v) is 2.13. The Morgan fingerprint density at radius 3 is 2.71 bits per heavy atom. The molecule has 0 amide bonds. The van der Waals surface area contributed by atoms with Crippen LogP contribution >= 0.6 is 0 Å². The molecular weight excluding hydrogens is 170 g/mol. The maximum atomic E-state index is 3.43. The first-order valence-corrected chi connectivity index (χ1v) is 5.29. The highest BCUT2D eigenvalue weighted by Gasteiger charge is 1.89. The first kappa shape index (κ1) is 11.0. The van der Waals surface area contributed by atoms with Crippen LogP contribution in [0, 0.1) is 0 Å². The van der Waals surface area contributed by atoms with Gasteiger partial charge < -0.3 is 5.32 Å². The van der Waals surface area contributed by atoms with Crippen molar-refractivity contribution < 1.29 is 0 Å². The monoisotopic (exact) mass is 189 g/mol. The van der Waals surface area contributed by atoms with E-state index in [0.717, 1.165) is 13.1 Å². The summed E-state index contributed by atoms with van der Waals surface area (Å²) in [5.74, 6) is 0. The van der Waals surface area contributed by atoms with Crippen LogP contribution in [-0.4, -0.2) is 6.54 Å². The highest BCUT2D eigenvalue weighted by molar-refractivity contribution is 5.14. The largest absolute Gasteiger partial charge is 0.313 e. The summed E-state index contributed by atoms with van der Waals surface area (Å²) in [6.45, 7) is 4.15. The standard InChI is InChI=1S/C13H19N/c1-2-3-4-8-11-14-12-13-9-6-5-7-10-13/h2-3,5-7,9-10,14H,4,8,11-12H2,1H3/b3-2-. The van der Waals surface area contributed by atoms with Crippen molar-refractivity contribution in [3.63, 3.8) is 0 Å². The van der Waals surface area contributed by atoms with E-state index in [9.17, 15) is 0 Å². The number of hydrogen-bond acceptors (Lipinski definition) is 1. The second-order valence-electron chi connectivity index (χ2n) is 3.37. The van der Waals surface area contributed by atoms with Gasteiger partial charge in [-0.25, -0.2) is 0 Å². The first-order valence-electron chi connectivity index (χ1n) is 5.29. The van der Waals surface area contributed by atoms with Gasteiger partial charge in [-0.15, -0.1) is 0 Å². The lowest BCUT2D eigenvalue weighted by atomic mass is 10.2. The van der Waals surface area contributed by atoms with Crippen molar-refractivity contribution >= 4 is 0 Å². The second-order valence-corrected chi connectivity index (χ2v) is 3.37. The number of allylic oxidation sites excluding steroid dienone is 2. The lowest BCUT2D eigenvalue weighted by Gasteiger charge is -2.03. The van der Waals surface area contributed by atoms with E-state index in [4.69, 9.17) is 0 Å². The van der Waals surface area contributed by atoms with Gasteiger partial charge >= 0.3 is 0 Å². The molecule has 1 aromatic carbocycles. The smallest absolute Gasteiger partial charge is 0.0205 e. The van der Waals surface area contributed by atoms with E-state index in [-0.39, 0.29) is 0 Å². The molecule has 1 aromatic rings. The number of nitrogens with one attached hydrogen (secondary N) is 1. The Morgan fingerprint density at radius 2 is 2.00 bits per heavy atom. The highest BCUT2D eigenvalue weighted by atomic mass is 14.8. The van der Waals surface area contributed by atoms with Crippen molar-refractivity contribution in [2.24, 2.45) is 0 Å². The van der Waals surface area contributed by atoms with Crippen LogP contribution in [0.15, 0.2) is 42.5 Å². The number of unbranched alkanes of at least 4 members (excludes halogenated alkanes) is 1. The summed E-state index contributed by atoms with van der Waals surface area (Å²) >= 11 is 0.